The number of nitrogens with one attached hydrogen (secondary N) is 1. The molecule has 1 N–H and O–H groups in total. The van der Waals surface area contributed by atoms with Crippen LogP contribution < -0.4 is 14.5 Å². The molecule has 6 nitrogen and oxygen atoms in total. The molecular weight excluding hydrogens is 513 g/mol. The standard InChI is InChI=1S/C29H23Cl2NO5/c1-35-26-11-10-21(13-28(26)36-2)27(14-23-24(30)15-32-16-25(23)31)37-29(34)22-5-3-4-20(12-22)19-8-6-18(17-33)7-9-19/h3-13,15-17,27H,14H2,1-2H3/p+1/t27-/m0/s1. The molecule has 188 valence electrons. The van der Waals surface area contributed by atoms with Crippen molar-refractivity contribution in [2.75, 3.05) is 14.2 Å². The highest BCUT2D eigenvalue weighted by molar-refractivity contribution is 6.35. The number of ether oxygens (including phenoxy) is 3. The summed E-state index contributed by atoms with van der Waals surface area (Å²) in [6, 6.07) is 19.5. The molecule has 1 heterocycles. The molecule has 4 aromatic rings. The monoisotopic (exact) mass is 536 g/mol. The van der Waals surface area contributed by atoms with Gasteiger partial charge in [0.2, 0.25) is 0 Å². The van der Waals surface area contributed by atoms with Gasteiger partial charge in [0, 0.05) is 17.5 Å². The van der Waals surface area contributed by atoms with E-state index in [0.29, 0.717) is 43.8 Å². The molecule has 0 unspecified atom stereocenters. The fourth-order valence-electron chi connectivity index (χ4n) is 3.91. The average molecular weight is 537 g/mol. The first kappa shape index (κ1) is 26.2. The van der Waals surface area contributed by atoms with E-state index in [9.17, 15) is 9.59 Å². The first-order valence-corrected chi connectivity index (χ1v) is 12.1. The molecule has 0 amide bonds. The Balaban J connectivity index is 1.67. The summed E-state index contributed by atoms with van der Waals surface area (Å²) in [5, 5.41) is 0.851. The maximum atomic E-state index is 13.4. The lowest BCUT2D eigenvalue weighted by atomic mass is 10.0. The van der Waals surface area contributed by atoms with E-state index >= 15 is 0 Å². The van der Waals surface area contributed by atoms with Crippen molar-refractivity contribution < 1.29 is 28.8 Å². The van der Waals surface area contributed by atoms with E-state index in [1.54, 1.807) is 68.0 Å². The van der Waals surface area contributed by atoms with Crippen LogP contribution in [0.3, 0.4) is 0 Å². The molecule has 1 atom stereocenters. The van der Waals surface area contributed by atoms with Gasteiger partial charge < -0.3 is 14.2 Å². The first-order valence-electron chi connectivity index (χ1n) is 11.4. The number of aldehydes is 1. The lowest BCUT2D eigenvalue weighted by Gasteiger charge is -2.21. The third kappa shape index (κ3) is 6.10. The Morgan fingerprint density at radius 1 is 0.892 bits per heavy atom. The highest BCUT2D eigenvalue weighted by Crippen LogP contribution is 2.35. The Bertz CT molecular complexity index is 1400. The highest BCUT2D eigenvalue weighted by Gasteiger charge is 2.24. The highest BCUT2D eigenvalue weighted by atomic mass is 35.5. The topological polar surface area (TPSA) is 76.0 Å². The number of pyridine rings is 1. The van der Waals surface area contributed by atoms with Gasteiger partial charge in [-0.05, 0) is 41.0 Å². The second kappa shape index (κ2) is 11.9. The van der Waals surface area contributed by atoms with Crippen LogP contribution in [0.2, 0.25) is 10.0 Å². The van der Waals surface area contributed by atoms with Crippen LogP contribution >= 0.6 is 23.2 Å². The van der Waals surface area contributed by atoms with Gasteiger partial charge in [-0.15, -0.1) is 0 Å². The summed E-state index contributed by atoms with van der Waals surface area (Å²) in [6.45, 7) is 0. The molecule has 0 spiro atoms. The van der Waals surface area contributed by atoms with Crippen molar-refractivity contribution in [1.29, 1.82) is 0 Å². The summed E-state index contributed by atoms with van der Waals surface area (Å²) in [5.41, 5.74) is 3.97. The number of rotatable bonds is 9. The molecule has 37 heavy (non-hydrogen) atoms. The zero-order valence-corrected chi connectivity index (χ0v) is 21.7. The van der Waals surface area contributed by atoms with Crippen molar-refractivity contribution in [2.45, 2.75) is 12.5 Å². The molecule has 8 heteroatoms. The predicted octanol–water partition coefficient (Wildman–Crippen LogP) is 6.45. The number of hydrogen-bond acceptors (Lipinski definition) is 5. The van der Waals surface area contributed by atoms with E-state index in [1.165, 1.54) is 7.11 Å². The Kier molecular flexibility index (Phi) is 8.43. The molecular formula is C29H24Cl2NO5+. The van der Waals surface area contributed by atoms with E-state index in [-0.39, 0.29) is 6.42 Å². The number of benzene rings is 3. The summed E-state index contributed by atoms with van der Waals surface area (Å²) in [7, 11) is 3.09. The van der Waals surface area contributed by atoms with Gasteiger partial charge in [0.25, 0.3) is 0 Å². The summed E-state index contributed by atoms with van der Waals surface area (Å²) >= 11 is 12.8. The van der Waals surface area contributed by atoms with Gasteiger partial charge in [0.05, 0.1) is 19.8 Å². The van der Waals surface area contributed by atoms with E-state index < -0.39 is 12.1 Å². The number of carbonyl (C=O) groups is 2. The van der Waals surface area contributed by atoms with Gasteiger partial charge in [-0.2, -0.15) is 0 Å². The Hall–Kier alpha value is -3.87. The Morgan fingerprint density at radius 3 is 2.24 bits per heavy atom. The van der Waals surface area contributed by atoms with Gasteiger partial charge in [-0.25, -0.2) is 9.78 Å². The number of aromatic nitrogens is 1. The SMILES string of the molecule is COc1ccc([C@H](Cc2c(Cl)c[nH+]cc2Cl)OC(=O)c2cccc(-c3ccc(C=O)cc3)c2)cc1OC. The zero-order chi connectivity index (χ0) is 26.4. The van der Waals surface area contributed by atoms with Gasteiger partial charge in [-0.1, -0.05) is 65.7 Å². The van der Waals surface area contributed by atoms with E-state index in [0.717, 1.165) is 17.4 Å². The third-order valence-electron chi connectivity index (χ3n) is 5.89. The van der Waals surface area contributed by atoms with Gasteiger partial charge >= 0.3 is 5.97 Å². The first-order chi connectivity index (χ1) is 17.9. The number of H-pyrrole nitrogens is 1. The van der Waals surface area contributed by atoms with Crippen LogP contribution in [-0.2, 0) is 11.2 Å². The van der Waals surface area contributed by atoms with Gasteiger partial charge in [-0.3, -0.25) is 4.79 Å². The molecule has 0 aliphatic heterocycles. The number of carbonyl (C=O) groups excluding carboxylic acids is 2. The largest absolute Gasteiger partial charge is 0.493 e. The summed E-state index contributed by atoms with van der Waals surface area (Å²) < 4.78 is 16.8. The molecule has 3 aromatic carbocycles. The number of methoxy groups -OCH3 is 2. The van der Waals surface area contributed by atoms with Crippen LogP contribution in [0.15, 0.2) is 79.1 Å². The van der Waals surface area contributed by atoms with Crippen LogP contribution in [0.4, 0.5) is 0 Å². The maximum Gasteiger partial charge on any atom is 0.338 e. The number of halogens is 2. The Labute approximate surface area is 224 Å². The minimum Gasteiger partial charge on any atom is -0.493 e. The molecule has 0 radical (unpaired) electrons. The lowest BCUT2D eigenvalue weighted by Crippen LogP contribution is -2.16. The minimum atomic E-state index is -0.722. The Morgan fingerprint density at radius 2 is 1.59 bits per heavy atom. The molecule has 1 aromatic heterocycles. The zero-order valence-electron chi connectivity index (χ0n) is 20.2. The fraction of sp³-hybridized carbons (Fsp3) is 0.138. The van der Waals surface area contributed by atoms with Gasteiger partial charge in [0.15, 0.2) is 23.9 Å². The summed E-state index contributed by atoms with van der Waals surface area (Å²) in [5.74, 6) is 0.538. The minimum absolute atomic E-state index is 0.237. The van der Waals surface area contributed by atoms with Crippen LogP contribution in [0.5, 0.6) is 11.5 Å². The predicted molar refractivity (Wildman–Crippen MR) is 142 cm³/mol. The van der Waals surface area contributed by atoms with Crippen LogP contribution in [0.25, 0.3) is 11.1 Å². The number of hydrogen-bond donors (Lipinski definition) is 0. The van der Waals surface area contributed by atoms with Crippen LogP contribution in [-0.4, -0.2) is 26.5 Å². The molecule has 0 fully saturated rings. The quantitative estimate of drug-likeness (QED) is 0.181. The van der Waals surface area contributed by atoms with Crippen molar-refractivity contribution in [3.8, 4) is 22.6 Å². The van der Waals surface area contributed by atoms with Crippen molar-refractivity contribution in [1.82, 2.24) is 0 Å². The van der Waals surface area contributed by atoms with E-state index in [1.807, 2.05) is 18.2 Å². The van der Waals surface area contributed by atoms with Crippen LogP contribution in [0, 0.1) is 0 Å². The summed E-state index contributed by atoms with van der Waals surface area (Å²) in [6.07, 6.45) is 3.54. The molecule has 0 saturated carbocycles. The molecule has 0 aliphatic rings. The lowest BCUT2D eigenvalue weighted by molar-refractivity contribution is -0.377. The van der Waals surface area contributed by atoms with Crippen molar-refractivity contribution in [3.63, 3.8) is 0 Å². The van der Waals surface area contributed by atoms with E-state index in [4.69, 9.17) is 37.4 Å². The smallest absolute Gasteiger partial charge is 0.338 e. The van der Waals surface area contributed by atoms with E-state index in [2.05, 4.69) is 4.98 Å². The normalized spacial score (nSPS) is 11.5. The van der Waals surface area contributed by atoms with Gasteiger partial charge in [0.1, 0.15) is 22.4 Å². The second-order valence-electron chi connectivity index (χ2n) is 8.16. The molecule has 0 bridgehead atoms. The maximum absolute atomic E-state index is 13.4. The van der Waals surface area contributed by atoms with Crippen LogP contribution in [0.1, 0.15) is 37.9 Å². The molecule has 0 aliphatic carbocycles. The summed E-state index contributed by atoms with van der Waals surface area (Å²) in [4.78, 5) is 27.2. The van der Waals surface area contributed by atoms with Crippen molar-refractivity contribution in [3.05, 3.63) is 111 Å². The molecule has 4 rings (SSSR count). The molecule has 0 saturated heterocycles. The third-order valence-corrected chi connectivity index (χ3v) is 6.57. The average Bonchev–Trinajstić information content (AvgIpc) is 2.94. The number of aromatic amines is 1. The van der Waals surface area contributed by atoms with Crippen molar-refractivity contribution in [2.24, 2.45) is 0 Å². The fourth-order valence-corrected chi connectivity index (χ4v) is 4.45. The van der Waals surface area contributed by atoms with Crippen molar-refractivity contribution >= 4 is 35.5 Å². The second-order valence-corrected chi connectivity index (χ2v) is 8.98. The number of esters is 1.